The van der Waals surface area contributed by atoms with Gasteiger partial charge < -0.3 is 9.73 Å². The second-order valence-corrected chi connectivity index (χ2v) is 5.68. The lowest BCUT2D eigenvalue weighted by Crippen LogP contribution is -2.25. The Labute approximate surface area is 110 Å². The van der Waals surface area contributed by atoms with Gasteiger partial charge in [0.05, 0.1) is 6.26 Å². The van der Waals surface area contributed by atoms with E-state index in [1.165, 1.54) is 36.6 Å². The molecule has 1 fully saturated rings. The van der Waals surface area contributed by atoms with Crippen LogP contribution in [0, 0.1) is 0 Å². The van der Waals surface area contributed by atoms with Crippen molar-refractivity contribution in [2.24, 2.45) is 0 Å². The van der Waals surface area contributed by atoms with Crippen molar-refractivity contribution >= 4 is 26.9 Å². The van der Waals surface area contributed by atoms with E-state index in [0.29, 0.717) is 6.04 Å². The molecule has 1 heterocycles. The summed E-state index contributed by atoms with van der Waals surface area (Å²) in [5.74, 6) is 0. The molecule has 0 amide bonds. The molecule has 1 aromatic heterocycles. The van der Waals surface area contributed by atoms with Crippen molar-refractivity contribution in [2.75, 3.05) is 0 Å². The molecule has 0 radical (unpaired) electrons. The van der Waals surface area contributed by atoms with Crippen LogP contribution in [0.3, 0.4) is 0 Å². The Morgan fingerprint density at radius 3 is 2.94 bits per heavy atom. The van der Waals surface area contributed by atoms with E-state index in [-0.39, 0.29) is 0 Å². The van der Waals surface area contributed by atoms with E-state index in [0.717, 1.165) is 16.6 Å². The summed E-state index contributed by atoms with van der Waals surface area (Å²) in [4.78, 5) is 0. The monoisotopic (exact) mass is 293 g/mol. The van der Waals surface area contributed by atoms with Crippen molar-refractivity contribution in [3.63, 3.8) is 0 Å². The van der Waals surface area contributed by atoms with Crippen molar-refractivity contribution in [3.8, 4) is 0 Å². The Morgan fingerprint density at radius 1 is 1.29 bits per heavy atom. The minimum atomic E-state index is 0.701. The maximum atomic E-state index is 5.56. The van der Waals surface area contributed by atoms with Gasteiger partial charge in [0, 0.05) is 28.0 Å². The number of nitrogens with one attached hydrogen (secondary N) is 1. The van der Waals surface area contributed by atoms with Crippen molar-refractivity contribution in [1.82, 2.24) is 5.32 Å². The molecule has 0 atom stereocenters. The summed E-state index contributed by atoms with van der Waals surface area (Å²) in [5, 5.41) is 4.83. The molecule has 90 valence electrons. The molecule has 2 nitrogen and oxygen atoms in total. The summed E-state index contributed by atoms with van der Waals surface area (Å²) in [5.41, 5.74) is 2.23. The van der Waals surface area contributed by atoms with Crippen molar-refractivity contribution in [2.45, 2.75) is 38.3 Å². The van der Waals surface area contributed by atoms with E-state index >= 15 is 0 Å². The van der Waals surface area contributed by atoms with Gasteiger partial charge in [0.1, 0.15) is 5.58 Å². The van der Waals surface area contributed by atoms with Crippen molar-refractivity contribution in [3.05, 3.63) is 34.5 Å². The molecule has 0 aliphatic heterocycles. The highest BCUT2D eigenvalue weighted by Crippen LogP contribution is 2.25. The van der Waals surface area contributed by atoms with Gasteiger partial charge in [-0.2, -0.15) is 0 Å². The number of hydrogen-bond donors (Lipinski definition) is 1. The topological polar surface area (TPSA) is 25.2 Å². The molecule has 3 rings (SSSR count). The van der Waals surface area contributed by atoms with Crippen LogP contribution in [0.15, 0.2) is 33.4 Å². The fraction of sp³-hybridized carbons (Fsp3) is 0.429. The maximum absolute atomic E-state index is 5.56. The smallest absolute Gasteiger partial charge is 0.134 e. The number of rotatable bonds is 3. The number of benzene rings is 1. The van der Waals surface area contributed by atoms with E-state index in [1.807, 2.05) is 18.4 Å². The number of fused-ring (bicyclic) bond motifs is 1. The molecule has 0 unspecified atom stereocenters. The van der Waals surface area contributed by atoms with Crippen LogP contribution >= 0.6 is 15.9 Å². The molecular formula is C14H16BrNO. The lowest BCUT2D eigenvalue weighted by molar-refractivity contribution is 0.520. The molecule has 3 heteroatoms. The molecule has 0 spiro atoms. The normalized spacial score (nSPS) is 17.0. The quantitative estimate of drug-likeness (QED) is 0.916. The highest BCUT2D eigenvalue weighted by atomic mass is 79.9. The highest BCUT2D eigenvalue weighted by molar-refractivity contribution is 9.10. The second kappa shape index (κ2) is 4.83. The minimum absolute atomic E-state index is 0.701. The van der Waals surface area contributed by atoms with Gasteiger partial charge in [0.25, 0.3) is 0 Å². The molecule has 17 heavy (non-hydrogen) atoms. The van der Waals surface area contributed by atoms with Gasteiger partial charge in [0.15, 0.2) is 0 Å². The standard InChI is InChI=1S/C14H16BrNO/c15-11-5-6-14-13(7-11)10(9-17-14)8-16-12-3-1-2-4-12/h5-7,9,12,16H,1-4,8H2. The number of hydrogen-bond acceptors (Lipinski definition) is 2. The zero-order valence-corrected chi connectivity index (χ0v) is 11.3. The van der Waals surface area contributed by atoms with Crippen LogP contribution in [0.5, 0.6) is 0 Å². The minimum Gasteiger partial charge on any atom is -0.464 e. The second-order valence-electron chi connectivity index (χ2n) is 4.76. The van der Waals surface area contributed by atoms with Crippen LogP contribution in [-0.2, 0) is 6.54 Å². The predicted molar refractivity (Wildman–Crippen MR) is 73.0 cm³/mol. The fourth-order valence-corrected chi connectivity index (χ4v) is 2.94. The number of furan rings is 1. The molecule has 1 saturated carbocycles. The first kappa shape index (κ1) is 11.3. The average molecular weight is 294 g/mol. The predicted octanol–water partition coefficient (Wildman–Crippen LogP) is 4.23. The van der Waals surface area contributed by atoms with Gasteiger partial charge in [-0.25, -0.2) is 0 Å². The average Bonchev–Trinajstić information content (AvgIpc) is 2.94. The molecule has 0 bridgehead atoms. The third kappa shape index (κ3) is 2.40. The van der Waals surface area contributed by atoms with Gasteiger partial charge in [-0.05, 0) is 31.0 Å². The zero-order valence-electron chi connectivity index (χ0n) is 9.71. The van der Waals surface area contributed by atoms with Gasteiger partial charge in [-0.3, -0.25) is 0 Å². The van der Waals surface area contributed by atoms with Crippen LogP contribution in [-0.4, -0.2) is 6.04 Å². The van der Waals surface area contributed by atoms with E-state index in [4.69, 9.17) is 4.42 Å². The zero-order chi connectivity index (χ0) is 11.7. The van der Waals surface area contributed by atoms with Gasteiger partial charge in [0.2, 0.25) is 0 Å². The summed E-state index contributed by atoms with van der Waals surface area (Å²) in [6.45, 7) is 0.911. The molecular weight excluding hydrogens is 278 g/mol. The van der Waals surface area contributed by atoms with E-state index in [1.54, 1.807) is 0 Å². The molecule has 1 aliphatic rings. The summed E-state index contributed by atoms with van der Waals surface area (Å²) in [6, 6.07) is 6.86. The molecule has 0 saturated heterocycles. The first-order valence-electron chi connectivity index (χ1n) is 6.22. The third-order valence-electron chi connectivity index (χ3n) is 3.55. The Hall–Kier alpha value is -0.800. The van der Waals surface area contributed by atoms with Crippen molar-refractivity contribution < 1.29 is 4.42 Å². The molecule has 1 aromatic carbocycles. The van der Waals surface area contributed by atoms with Crippen LogP contribution in [0.2, 0.25) is 0 Å². The molecule has 1 N–H and O–H groups in total. The van der Waals surface area contributed by atoms with Crippen molar-refractivity contribution in [1.29, 1.82) is 0 Å². The summed E-state index contributed by atoms with van der Waals surface area (Å²) < 4.78 is 6.66. The molecule has 1 aliphatic carbocycles. The lowest BCUT2D eigenvalue weighted by atomic mass is 10.1. The highest BCUT2D eigenvalue weighted by Gasteiger charge is 2.15. The largest absolute Gasteiger partial charge is 0.464 e. The SMILES string of the molecule is Brc1ccc2occ(CNC3CCCC3)c2c1. The first-order chi connectivity index (χ1) is 8.33. The summed E-state index contributed by atoms with van der Waals surface area (Å²) >= 11 is 3.51. The van der Waals surface area contributed by atoms with E-state index in [9.17, 15) is 0 Å². The van der Waals surface area contributed by atoms with Crippen LogP contribution in [0.4, 0.5) is 0 Å². The summed E-state index contributed by atoms with van der Waals surface area (Å²) in [6.07, 6.45) is 7.25. The Balaban J connectivity index is 1.77. The number of halogens is 1. The Kier molecular flexibility index (Phi) is 3.21. The maximum Gasteiger partial charge on any atom is 0.134 e. The van der Waals surface area contributed by atoms with Crippen LogP contribution in [0.1, 0.15) is 31.2 Å². The van der Waals surface area contributed by atoms with Gasteiger partial charge in [-0.15, -0.1) is 0 Å². The summed E-state index contributed by atoms with van der Waals surface area (Å²) in [7, 11) is 0. The van der Waals surface area contributed by atoms with E-state index in [2.05, 4.69) is 27.3 Å². The molecule has 2 aromatic rings. The lowest BCUT2D eigenvalue weighted by Gasteiger charge is -2.10. The Morgan fingerprint density at radius 2 is 2.12 bits per heavy atom. The third-order valence-corrected chi connectivity index (χ3v) is 4.05. The van der Waals surface area contributed by atoms with Crippen LogP contribution < -0.4 is 5.32 Å². The first-order valence-corrected chi connectivity index (χ1v) is 7.01. The van der Waals surface area contributed by atoms with Gasteiger partial charge in [-0.1, -0.05) is 28.8 Å². The fourth-order valence-electron chi connectivity index (χ4n) is 2.58. The van der Waals surface area contributed by atoms with Crippen LogP contribution in [0.25, 0.3) is 11.0 Å². The van der Waals surface area contributed by atoms with E-state index < -0.39 is 0 Å². The Bertz CT molecular complexity index is 514. The van der Waals surface area contributed by atoms with Gasteiger partial charge >= 0.3 is 0 Å².